The van der Waals surface area contributed by atoms with Crippen molar-refractivity contribution < 1.29 is 19.5 Å². The van der Waals surface area contributed by atoms with Gasteiger partial charge in [-0.3, -0.25) is 14.4 Å². The summed E-state index contributed by atoms with van der Waals surface area (Å²) in [6.45, 7) is 3.77. The van der Waals surface area contributed by atoms with Crippen LogP contribution in [0.1, 0.15) is 29.3 Å². The highest BCUT2D eigenvalue weighted by atomic mass is 32.2. The molecule has 0 saturated carbocycles. The molecule has 1 aromatic carbocycles. The molecule has 23 heavy (non-hydrogen) atoms. The van der Waals surface area contributed by atoms with E-state index in [1.807, 2.05) is 26.0 Å². The van der Waals surface area contributed by atoms with Gasteiger partial charge in [-0.15, -0.1) is 11.8 Å². The average molecular weight is 333 g/mol. The quantitative estimate of drug-likeness (QED) is 0.810. The van der Waals surface area contributed by atoms with Crippen LogP contribution in [0, 0.1) is 6.92 Å². The van der Waals surface area contributed by atoms with Crippen LogP contribution in [0.2, 0.25) is 0 Å². The first-order valence-electron chi connectivity index (χ1n) is 7.32. The Morgan fingerprint density at radius 3 is 2.52 bits per heavy atom. The number of carbonyl (C=O) groups excluding carboxylic acids is 2. The second-order valence-electron chi connectivity index (χ2n) is 5.33. The van der Waals surface area contributed by atoms with Gasteiger partial charge >= 0.3 is 5.97 Å². The molecule has 122 valence electrons. The standard InChI is InChI=1S/C17H19NO4S/c1-4-23-17-14(12(9-13(19)20)16(22)18(17)3)15(21)11-8-6-5-7-10(11)2/h5-8,17H,4,9H2,1-3H3,(H,19,20)/t17-/m1/s1. The number of carbonyl (C=O) groups is 3. The lowest BCUT2D eigenvalue weighted by Crippen LogP contribution is -2.31. The van der Waals surface area contributed by atoms with Crippen LogP contribution in [-0.4, -0.2) is 45.8 Å². The Bertz CT molecular complexity index is 696. The van der Waals surface area contributed by atoms with E-state index in [-0.39, 0.29) is 17.3 Å². The molecule has 1 heterocycles. The van der Waals surface area contributed by atoms with Crippen LogP contribution in [-0.2, 0) is 9.59 Å². The second kappa shape index (κ2) is 7.00. The van der Waals surface area contributed by atoms with Gasteiger partial charge in [0.2, 0.25) is 0 Å². The molecular formula is C17H19NO4S. The van der Waals surface area contributed by atoms with E-state index in [1.54, 1.807) is 19.2 Å². The van der Waals surface area contributed by atoms with Crippen LogP contribution in [0.4, 0.5) is 0 Å². The van der Waals surface area contributed by atoms with E-state index < -0.39 is 17.8 Å². The molecule has 1 N–H and O–H groups in total. The Hall–Kier alpha value is -2.08. The summed E-state index contributed by atoms with van der Waals surface area (Å²) in [4.78, 5) is 38.0. The molecule has 1 amide bonds. The number of benzene rings is 1. The van der Waals surface area contributed by atoms with Crippen LogP contribution < -0.4 is 0 Å². The van der Waals surface area contributed by atoms with E-state index in [9.17, 15) is 14.4 Å². The number of likely N-dealkylation sites (N-methyl/N-ethyl adjacent to an activating group) is 1. The topological polar surface area (TPSA) is 74.7 Å². The van der Waals surface area contributed by atoms with Crippen molar-refractivity contribution in [2.45, 2.75) is 25.6 Å². The monoisotopic (exact) mass is 333 g/mol. The largest absolute Gasteiger partial charge is 0.481 e. The molecule has 0 fully saturated rings. The van der Waals surface area contributed by atoms with E-state index in [0.29, 0.717) is 16.9 Å². The summed E-state index contributed by atoms with van der Waals surface area (Å²) in [5.74, 6) is -1.04. The summed E-state index contributed by atoms with van der Waals surface area (Å²) in [5.41, 5.74) is 1.72. The molecule has 1 atom stereocenters. The van der Waals surface area contributed by atoms with E-state index in [0.717, 1.165) is 5.56 Å². The summed E-state index contributed by atoms with van der Waals surface area (Å²) < 4.78 is 0. The molecule has 6 heteroatoms. The number of thioether (sulfide) groups is 1. The number of ketones is 1. The first-order valence-corrected chi connectivity index (χ1v) is 8.37. The smallest absolute Gasteiger partial charge is 0.308 e. The van der Waals surface area contributed by atoms with Crippen LogP contribution in [0.25, 0.3) is 0 Å². The van der Waals surface area contributed by atoms with Crippen molar-refractivity contribution in [3.8, 4) is 0 Å². The average Bonchev–Trinajstić information content (AvgIpc) is 2.72. The van der Waals surface area contributed by atoms with E-state index in [4.69, 9.17) is 5.11 Å². The lowest BCUT2D eigenvalue weighted by atomic mass is 9.95. The van der Waals surface area contributed by atoms with Crippen molar-refractivity contribution in [3.63, 3.8) is 0 Å². The Balaban J connectivity index is 2.56. The summed E-state index contributed by atoms with van der Waals surface area (Å²) in [7, 11) is 1.61. The maximum absolute atomic E-state index is 13.0. The van der Waals surface area contributed by atoms with Crippen molar-refractivity contribution >= 4 is 29.4 Å². The predicted molar refractivity (Wildman–Crippen MR) is 89.5 cm³/mol. The Morgan fingerprint density at radius 1 is 1.30 bits per heavy atom. The molecule has 0 unspecified atom stereocenters. The molecular weight excluding hydrogens is 314 g/mol. The molecule has 2 rings (SSSR count). The first kappa shape index (κ1) is 17.3. The van der Waals surface area contributed by atoms with Crippen molar-refractivity contribution in [2.75, 3.05) is 12.8 Å². The number of aliphatic carboxylic acids is 1. The van der Waals surface area contributed by atoms with Gasteiger partial charge in [-0.25, -0.2) is 0 Å². The van der Waals surface area contributed by atoms with Gasteiger partial charge in [0.25, 0.3) is 5.91 Å². The summed E-state index contributed by atoms with van der Waals surface area (Å²) in [6.07, 6.45) is -0.434. The number of nitrogens with zero attached hydrogens (tertiary/aromatic N) is 1. The number of Topliss-reactive ketones (excluding diaryl/α,β-unsaturated/α-hetero) is 1. The zero-order valence-electron chi connectivity index (χ0n) is 13.3. The van der Waals surface area contributed by atoms with Crippen molar-refractivity contribution in [1.29, 1.82) is 0 Å². The minimum atomic E-state index is -1.11. The van der Waals surface area contributed by atoms with Gasteiger partial charge < -0.3 is 10.0 Å². The second-order valence-corrected chi connectivity index (χ2v) is 6.69. The number of carboxylic acids is 1. The molecule has 0 radical (unpaired) electrons. The maximum atomic E-state index is 13.0. The van der Waals surface area contributed by atoms with Gasteiger partial charge in [0, 0.05) is 23.8 Å². The number of carboxylic acid groups (broad SMARTS) is 1. The fraction of sp³-hybridized carbons (Fsp3) is 0.353. The lowest BCUT2D eigenvalue weighted by Gasteiger charge is -2.21. The molecule has 1 aromatic rings. The minimum absolute atomic E-state index is 0.0965. The SMILES string of the molecule is CCS[C@@H]1C(C(=O)c2ccccc2C)=C(CC(=O)O)C(=O)N1C. The van der Waals surface area contributed by atoms with Gasteiger partial charge in [0.05, 0.1) is 6.42 Å². The van der Waals surface area contributed by atoms with Crippen LogP contribution in [0.15, 0.2) is 35.4 Å². The number of hydrogen-bond donors (Lipinski definition) is 1. The fourth-order valence-electron chi connectivity index (χ4n) is 2.67. The van der Waals surface area contributed by atoms with Crippen molar-refractivity contribution in [1.82, 2.24) is 4.90 Å². The summed E-state index contributed by atoms with van der Waals surface area (Å²) >= 11 is 1.45. The minimum Gasteiger partial charge on any atom is -0.481 e. The summed E-state index contributed by atoms with van der Waals surface area (Å²) in [6, 6.07) is 7.13. The first-order chi connectivity index (χ1) is 10.9. The highest BCUT2D eigenvalue weighted by Gasteiger charge is 2.41. The third-order valence-corrected chi connectivity index (χ3v) is 4.99. The molecule has 0 spiro atoms. The third-order valence-electron chi connectivity index (χ3n) is 3.79. The normalized spacial score (nSPS) is 17.8. The van der Waals surface area contributed by atoms with Gasteiger partial charge in [-0.05, 0) is 18.2 Å². The molecule has 0 bridgehead atoms. The number of aryl methyl sites for hydroxylation is 1. The zero-order valence-corrected chi connectivity index (χ0v) is 14.1. The third kappa shape index (κ3) is 3.32. The van der Waals surface area contributed by atoms with Gasteiger partial charge in [-0.2, -0.15) is 0 Å². The van der Waals surface area contributed by atoms with E-state index in [1.165, 1.54) is 16.7 Å². The van der Waals surface area contributed by atoms with Crippen LogP contribution in [0.5, 0.6) is 0 Å². The van der Waals surface area contributed by atoms with Crippen molar-refractivity contribution in [3.05, 3.63) is 46.5 Å². The predicted octanol–water partition coefficient (Wildman–Crippen LogP) is 2.50. The highest BCUT2D eigenvalue weighted by Crippen LogP contribution is 2.36. The van der Waals surface area contributed by atoms with Gasteiger partial charge in [-0.1, -0.05) is 31.2 Å². The number of rotatable bonds is 6. The molecule has 5 nitrogen and oxygen atoms in total. The van der Waals surface area contributed by atoms with E-state index >= 15 is 0 Å². The molecule has 0 aliphatic carbocycles. The van der Waals surface area contributed by atoms with Crippen LogP contribution >= 0.6 is 11.8 Å². The van der Waals surface area contributed by atoms with E-state index in [2.05, 4.69) is 0 Å². The van der Waals surface area contributed by atoms with Gasteiger partial charge in [0.1, 0.15) is 5.37 Å². The molecule has 1 aliphatic rings. The molecule has 0 aromatic heterocycles. The molecule has 0 saturated heterocycles. The summed E-state index contributed by atoms with van der Waals surface area (Å²) in [5, 5.41) is 8.66. The Morgan fingerprint density at radius 2 is 1.96 bits per heavy atom. The maximum Gasteiger partial charge on any atom is 0.308 e. The Labute approximate surface area is 139 Å². The number of hydrogen-bond acceptors (Lipinski definition) is 4. The zero-order chi connectivity index (χ0) is 17.1. The van der Waals surface area contributed by atoms with Crippen molar-refractivity contribution in [2.24, 2.45) is 0 Å². The fourth-order valence-corrected chi connectivity index (χ4v) is 3.73. The Kier molecular flexibility index (Phi) is 5.26. The molecule has 1 aliphatic heterocycles. The lowest BCUT2D eigenvalue weighted by molar-refractivity contribution is -0.137. The number of amides is 1. The van der Waals surface area contributed by atoms with Crippen LogP contribution in [0.3, 0.4) is 0 Å². The highest BCUT2D eigenvalue weighted by molar-refractivity contribution is 8.00. The van der Waals surface area contributed by atoms with Gasteiger partial charge in [0.15, 0.2) is 5.78 Å².